The third kappa shape index (κ3) is 6.01. The van der Waals surface area contributed by atoms with Crippen LogP contribution in [0.4, 0.5) is 0 Å². The van der Waals surface area contributed by atoms with Gasteiger partial charge in [-0.25, -0.2) is 0 Å². The maximum atomic E-state index is 12.4. The van der Waals surface area contributed by atoms with Crippen molar-refractivity contribution in [1.82, 2.24) is 20.1 Å². The molecule has 1 saturated carbocycles. The molecule has 30 heavy (non-hydrogen) atoms. The van der Waals surface area contributed by atoms with E-state index in [4.69, 9.17) is 16.3 Å². The molecule has 1 amide bonds. The summed E-state index contributed by atoms with van der Waals surface area (Å²) in [6.45, 7) is 8.26. The summed E-state index contributed by atoms with van der Waals surface area (Å²) in [5.74, 6) is 1.63. The van der Waals surface area contributed by atoms with E-state index in [2.05, 4.69) is 22.1 Å². The molecule has 1 aliphatic carbocycles. The second-order valence-electron chi connectivity index (χ2n) is 7.63. The number of thioether (sulfide) groups is 1. The number of rotatable bonds is 9. The summed E-state index contributed by atoms with van der Waals surface area (Å²) in [5, 5.41) is 13.0. The number of hydrogen-bond acceptors (Lipinski definition) is 5. The second kappa shape index (κ2) is 10.9. The summed E-state index contributed by atoms with van der Waals surface area (Å²) in [4.78, 5) is 12.4. The van der Waals surface area contributed by atoms with E-state index in [1.807, 2.05) is 36.6 Å². The number of carbonyl (C=O) groups is 1. The first kappa shape index (κ1) is 22.7. The van der Waals surface area contributed by atoms with Gasteiger partial charge in [0.15, 0.2) is 17.1 Å². The number of nitrogens with one attached hydrogen (secondary N) is 1. The van der Waals surface area contributed by atoms with Crippen molar-refractivity contribution < 1.29 is 9.53 Å². The van der Waals surface area contributed by atoms with Gasteiger partial charge in [-0.1, -0.05) is 54.8 Å². The molecule has 1 aromatic heterocycles. The topological polar surface area (TPSA) is 69.0 Å². The lowest BCUT2D eigenvalue weighted by molar-refractivity contribution is -0.119. The van der Waals surface area contributed by atoms with Gasteiger partial charge in [0.05, 0.1) is 10.8 Å². The second-order valence-corrected chi connectivity index (χ2v) is 8.97. The number of carbonyl (C=O) groups excluding carboxylic acids is 1. The number of allylic oxidation sites excluding steroid dienone is 1. The molecule has 1 N–H and O–H groups in total. The maximum absolute atomic E-state index is 12.4. The minimum absolute atomic E-state index is 0.0393. The fourth-order valence-electron chi connectivity index (χ4n) is 3.60. The monoisotopic (exact) mass is 448 g/mol. The Morgan fingerprint density at radius 3 is 2.90 bits per heavy atom. The highest BCUT2D eigenvalue weighted by Gasteiger charge is 2.21. The summed E-state index contributed by atoms with van der Waals surface area (Å²) in [6, 6.07) is 5.96. The van der Waals surface area contributed by atoms with Gasteiger partial charge in [-0.2, -0.15) is 0 Å². The Morgan fingerprint density at radius 1 is 1.40 bits per heavy atom. The summed E-state index contributed by atoms with van der Waals surface area (Å²) in [5.41, 5.74) is 1.06. The standard InChI is InChI=1S/C22H29ClN4O2S/c1-4-12-27-21(16(3)29-19-13-15(2)10-11-18(19)23)25-26-22(27)30-14-20(28)24-17-8-6-5-7-9-17/h4,10-11,13,16-17H,1,5-9,12,14H2,2-3H3,(H,24,28). The number of nitrogens with zero attached hydrogens (tertiary/aromatic N) is 3. The average molecular weight is 449 g/mol. The van der Waals surface area contributed by atoms with Crippen LogP contribution in [0.15, 0.2) is 36.0 Å². The van der Waals surface area contributed by atoms with Gasteiger partial charge in [-0.3, -0.25) is 9.36 Å². The zero-order valence-corrected chi connectivity index (χ0v) is 19.1. The lowest BCUT2D eigenvalue weighted by atomic mass is 9.95. The van der Waals surface area contributed by atoms with E-state index in [1.165, 1.54) is 31.0 Å². The molecule has 8 heteroatoms. The molecule has 1 fully saturated rings. The number of aryl methyl sites for hydroxylation is 1. The molecular weight excluding hydrogens is 420 g/mol. The van der Waals surface area contributed by atoms with Crippen LogP contribution in [0.3, 0.4) is 0 Å². The van der Waals surface area contributed by atoms with Gasteiger partial charge >= 0.3 is 0 Å². The highest BCUT2D eigenvalue weighted by molar-refractivity contribution is 7.99. The van der Waals surface area contributed by atoms with Crippen LogP contribution in [0.2, 0.25) is 5.02 Å². The fourth-order valence-corrected chi connectivity index (χ4v) is 4.53. The van der Waals surface area contributed by atoms with Gasteiger partial charge in [0.1, 0.15) is 5.75 Å². The van der Waals surface area contributed by atoms with Gasteiger partial charge in [0, 0.05) is 12.6 Å². The Kier molecular flexibility index (Phi) is 8.22. The molecule has 3 rings (SSSR count). The van der Waals surface area contributed by atoms with Crippen LogP contribution < -0.4 is 10.1 Å². The summed E-state index contributed by atoms with van der Waals surface area (Å²) < 4.78 is 7.99. The van der Waals surface area contributed by atoms with E-state index in [1.54, 1.807) is 6.08 Å². The van der Waals surface area contributed by atoms with Gasteiger partial charge < -0.3 is 10.1 Å². The highest BCUT2D eigenvalue weighted by atomic mass is 35.5. The van der Waals surface area contributed by atoms with Crippen LogP contribution in [-0.2, 0) is 11.3 Å². The van der Waals surface area contributed by atoms with Gasteiger partial charge in [0.2, 0.25) is 5.91 Å². The average Bonchev–Trinajstić information content (AvgIpc) is 3.13. The number of ether oxygens (including phenoxy) is 1. The van der Waals surface area contributed by atoms with Crippen molar-refractivity contribution in [2.24, 2.45) is 0 Å². The van der Waals surface area contributed by atoms with Crippen LogP contribution >= 0.6 is 23.4 Å². The fraction of sp³-hybridized carbons (Fsp3) is 0.500. The molecule has 162 valence electrons. The first-order valence-corrected chi connectivity index (χ1v) is 11.7. The first-order valence-electron chi connectivity index (χ1n) is 10.4. The zero-order valence-electron chi connectivity index (χ0n) is 17.6. The summed E-state index contributed by atoms with van der Waals surface area (Å²) in [7, 11) is 0. The molecule has 1 unspecified atom stereocenters. The van der Waals surface area contributed by atoms with Gasteiger partial charge in [-0.15, -0.1) is 16.8 Å². The Morgan fingerprint density at radius 2 is 2.17 bits per heavy atom. The lowest BCUT2D eigenvalue weighted by Crippen LogP contribution is -2.37. The predicted octanol–water partition coefficient (Wildman–Crippen LogP) is 5.11. The molecule has 0 aliphatic heterocycles. The summed E-state index contributed by atoms with van der Waals surface area (Å²) in [6.07, 6.45) is 7.22. The van der Waals surface area contributed by atoms with E-state index in [0.29, 0.717) is 40.1 Å². The number of aromatic nitrogens is 3. The molecule has 6 nitrogen and oxygen atoms in total. The van der Waals surface area contributed by atoms with Crippen molar-refractivity contribution in [3.63, 3.8) is 0 Å². The lowest BCUT2D eigenvalue weighted by Gasteiger charge is -2.22. The first-order chi connectivity index (χ1) is 14.5. The van der Waals surface area contributed by atoms with Crippen LogP contribution in [-0.4, -0.2) is 32.5 Å². The van der Waals surface area contributed by atoms with Crippen LogP contribution in [0.25, 0.3) is 0 Å². The van der Waals surface area contributed by atoms with E-state index < -0.39 is 0 Å². The smallest absolute Gasteiger partial charge is 0.230 e. The zero-order chi connectivity index (χ0) is 21.5. The minimum atomic E-state index is -0.359. The number of amides is 1. The van der Waals surface area contributed by atoms with Crippen molar-refractivity contribution in [3.05, 3.63) is 47.3 Å². The van der Waals surface area contributed by atoms with Crippen molar-refractivity contribution in [2.45, 2.75) is 69.8 Å². The van der Waals surface area contributed by atoms with E-state index in [-0.39, 0.29) is 12.0 Å². The Labute approximate surface area is 187 Å². The van der Waals surface area contributed by atoms with Crippen LogP contribution in [0.5, 0.6) is 5.75 Å². The highest BCUT2D eigenvalue weighted by Crippen LogP contribution is 2.30. The van der Waals surface area contributed by atoms with Gasteiger partial charge in [0.25, 0.3) is 0 Å². The molecule has 1 atom stereocenters. The van der Waals surface area contributed by atoms with E-state index in [0.717, 1.165) is 18.4 Å². The Bertz CT molecular complexity index is 880. The van der Waals surface area contributed by atoms with Gasteiger partial charge in [-0.05, 0) is 44.4 Å². The number of halogens is 1. The van der Waals surface area contributed by atoms with Crippen molar-refractivity contribution >= 4 is 29.3 Å². The molecule has 0 spiro atoms. The minimum Gasteiger partial charge on any atom is -0.481 e. The van der Waals surface area contributed by atoms with Crippen molar-refractivity contribution in [2.75, 3.05) is 5.75 Å². The predicted molar refractivity (Wildman–Crippen MR) is 121 cm³/mol. The molecular formula is C22H29ClN4O2S. The third-order valence-electron chi connectivity index (χ3n) is 5.11. The Hall–Kier alpha value is -1.99. The number of hydrogen-bond donors (Lipinski definition) is 1. The SMILES string of the molecule is C=CCn1c(SCC(=O)NC2CCCCC2)nnc1C(C)Oc1cc(C)ccc1Cl. The molecule has 2 aromatic rings. The normalized spacial score (nSPS) is 15.6. The van der Waals surface area contributed by atoms with Crippen molar-refractivity contribution in [3.8, 4) is 5.75 Å². The molecule has 1 heterocycles. The molecule has 0 radical (unpaired) electrons. The van der Waals surface area contributed by atoms with E-state index >= 15 is 0 Å². The number of benzene rings is 1. The molecule has 1 aromatic carbocycles. The maximum Gasteiger partial charge on any atom is 0.230 e. The van der Waals surface area contributed by atoms with Crippen LogP contribution in [0, 0.1) is 6.92 Å². The molecule has 0 bridgehead atoms. The summed E-state index contributed by atoms with van der Waals surface area (Å²) >= 11 is 7.65. The molecule has 1 aliphatic rings. The largest absolute Gasteiger partial charge is 0.481 e. The van der Waals surface area contributed by atoms with Crippen molar-refractivity contribution in [1.29, 1.82) is 0 Å². The van der Waals surface area contributed by atoms with Crippen LogP contribution in [0.1, 0.15) is 56.5 Å². The Balaban J connectivity index is 1.65. The molecule has 0 saturated heterocycles. The third-order valence-corrected chi connectivity index (χ3v) is 6.39. The quantitative estimate of drug-likeness (QED) is 0.426. The van der Waals surface area contributed by atoms with E-state index in [9.17, 15) is 4.79 Å².